The third-order valence-corrected chi connectivity index (χ3v) is 3.23. The van der Waals surface area contributed by atoms with Crippen LogP contribution in [0.1, 0.15) is 17.5 Å². The number of carbonyl (C=O) groups excluding carboxylic acids is 1. The quantitative estimate of drug-likeness (QED) is 0.781. The van der Waals surface area contributed by atoms with E-state index in [-0.39, 0.29) is 23.9 Å². The van der Waals surface area contributed by atoms with Crippen molar-refractivity contribution in [1.29, 1.82) is 5.26 Å². The highest BCUT2D eigenvalue weighted by Gasteiger charge is 2.36. The van der Waals surface area contributed by atoms with Crippen LogP contribution in [0.5, 0.6) is 0 Å². The van der Waals surface area contributed by atoms with Crippen molar-refractivity contribution in [2.24, 2.45) is 5.92 Å². The number of halogens is 3. The first-order chi connectivity index (χ1) is 9.36. The molecule has 1 aliphatic rings. The molecule has 1 aromatic rings. The zero-order valence-corrected chi connectivity index (χ0v) is 10.4. The van der Waals surface area contributed by atoms with Crippen LogP contribution in [0.2, 0.25) is 0 Å². The molecule has 0 aliphatic carbocycles. The lowest BCUT2D eigenvalue weighted by molar-refractivity contribution is -0.137. The molecular weight excluding hydrogens is 269 g/mol. The summed E-state index contributed by atoms with van der Waals surface area (Å²) in [5.74, 6) is -0.305. The fourth-order valence-electron chi connectivity index (χ4n) is 2.17. The molecule has 20 heavy (non-hydrogen) atoms. The summed E-state index contributed by atoms with van der Waals surface area (Å²) in [5.41, 5.74) is -1.31. The Morgan fingerprint density at radius 2 is 2.15 bits per heavy atom. The Morgan fingerprint density at radius 1 is 1.45 bits per heavy atom. The van der Waals surface area contributed by atoms with Crippen LogP contribution in [0.4, 0.5) is 18.9 Å². The molecule has 1 atom stereocenters. The van der Waals surface area contributed by atoms with E-state index in [1.54, 1.807) is 6.08 Å². The zero-order valence-electron chi connectivity index (χ0n) is 10.4. The van der Waals surface area contributed by atoms with Gasteiger partial charge in [-0.3, -0.25) is 4.79 Å². The molecule has 0 radical (unpaired) electrons. The van der Waals surface area contributed by atoms with E-state index in [9.17, 15) is 18.0 Å². The molecule has 1 fully saturated rings. The molecular formula is C14H11F3N2O. The standard InChI is InChI=1S/C14H11F3N2O/c1-2-9-5-13(20)19(8-9)11-4-3-10(7-18)12(6-11)14(15,16)17/h2-4,6,9H,1,5,8H2. The molecule has 1 aliphatic heterocycles. The lowest BCUT2D eigenvalue weighted by atomic mass is 10.1. The van der Waals surface area contributed by atoms with Crippen molar-refractivity contribution in [3.05, 3.63) is 42.0 Å². The minimum absolute atomic E-state index is 0.0625. The van der Waals surface area contributed by atoms with Gasteiger partial charge < -0.3 is 4.90 Å². The second kappa shape index (κ2) is 5.00. The molecule has 1 aromatic carbocycles. The number of amides is 1. The number of alkyl halides is 3. The van der Waals surface area contributed by atoms with Crippen LogP contribution in [-0.4, -0.2) is 12.5 Å². The van der Waals surface area contributed by atoms with E-state index in [0.29, 0.717) is 6.54 Å². The van der Waals surface area contributed by atoms with Crippen LogP contribution in [-0.2, 0) is 11.0 Å². The van der Waals surface area contributed by atoms with Crippen molar-refractivity contribution in [3.8, 4) is 6.07 Å². The van der Waals surface area contributed by atoms with Gasteiger partial charge in [-0.25, -0.2) is 0 Å². The lowest BCUT2D eigenvalue weighted by Gasteiger charge is -2.18. The van der Waals surface area contributed by atoms with E-state index in [1.165, 1.54) is 17.0 Å². The van der Waals surface area contributed by atoms with Gasteiger partial charge >= 0.3 is 6.18 Å². The number of nitriles is 1. The van der Waals surface area contributed by atoms with Crippen LogP contribution in [0.3, 0.4) is 0 Å². The number of hydrogen-bond acceptors (Lipinski definition) is 2. The van der Waals surface area contributed by atoms with Gasteiger partial charge in [0.2, 0.25) is 5.91 Å². The molecule has 104 valence electrons. The number of anilines is 1. The summed E-state index contributed by atoms with van der Waals surface area (Å²) >= 11 is 0. The van der Waals surface area contributed by atoms with E-state index in [2.05, 4.69) is 6.58 Å². The average molecular weight is 280 g/mol. The SMILES string of the molecule is C=CC1CC(=O)N(c2ccc(C#N)c(C(F)(F)F)c2)C1. The maximum absolute atomic E-state index is 12.9. The molecule has 1 saturated heterocycles. The predicted octanol–water partition coefficient (Wildman–Crippen LogP) is 3.12. The molecule has 6 heteroatoms. The number of rotatable bonds is 2. The minimum atomic E-state index is -4.62. The van der Waals surface area contributed by atoms with Gasteiger partial charge in [0, 0.05) is 24.6 Å². The normalized spacial score (nSPS) is 19.0. The van der Waals surface area contributed by atoms with Gasteiger partial charge in [-0.15, -0.1) is 6.58 Å². The second-order valence-corrected chi connectivity index (χ2v) is 4.54. The molecule has 1 unspecified atom stereocenters. The van der Waals surface area contributed by atoms with Gasteiger partial charge in [0.1, 0.15) is 0 Å². The van der Waals surface area contributed by atoms with E-state index in [1.807, 2.05) is 0 Å². The fraction of sp³-hybridized carbons (Fsp3) is 0.286. The van der Waals surface area contributed by atoms with E-state index in [4.69, 9.17) is 5.26 Å². The molecule has 1 amide bonds. The van der Waals surface area contributed by atoms with Gasteiger partial charge in [0.05, 0.1) is 17.2 Å². The van der Waals surface area contributed by atoms with Crippen molar-refractivity contribution in [2.75, 3.05) is 11.4 Å². The van der Waals surface area contributed by atoms with E-state index in [0.717, 1.165) is 12.1 Å². The summed E-state index contributed by atoms with van der Waals surface area (Å²) in [6.07, 6.45) is -2.77. The predicted molar refractivity (Wildman–Crippen MR) is 66.8 cm³/mol. The molecule has 0 N–H and O–H groups in total. The van der Waals surface area contributed by atoms with Gasteiger partial charge in [0.15, 0.2) is 0 Å². The molecule has 0 spiro atoms. The third kappa shape index (κ3) is 2.52. The molecule has 0 bridgehead atoms. The number of nitrogens with zero attached hydrogens (tertiary/aromatic N) is 2. The van der Waals surface area contributed by atoms with Crippen LogP contribution in [0.25, 0.3) is 0 Å². The average Bonchev–Trinajstić information content (AvgIpc) is 2.78. The van der Waals surface area contributed by atoms with Gasteiger partial charge in [0.25, 0.3) is 0 Å². The van der Waals surface area contributed by atoms with Crippen molar-refractivity contribution >= 4 is 11.6 Å². The smallest absolute Gasteiger partial charge is 0.312 e. The van der Waals surface area contributed by atoms with Crippen molar-refractivity contribution in [1.82, 2.24) is 0 Å². The number of hydrogen-bond donors (Lipinski definition) is 0. The van der Waals surface area contributed by atoms with Crippen LogP contribution in [0, 0.1) is 17.2 Å². The highest BCUT2D eigenvalue weighted by atomic mass is 19.4. The number of carbonyl (C=O) groups is 1. The maximum Gasteiger partial charge on any atom is 0.417 e. The summed E-state index contributed by atoms with van der Waals surface area (Å²) < 4.78 is 38.6. The second-order valence-electron chi connectivity index (χ2n) is 4.54. The minimum Gasteiger partial charge on any atom is -0.312 e. The molecule has 3 nitrogen and oxygen atoms in total. The fourth-order valence-corrected chi connectivity index (χ4v) is 2.17. The largest absolute Gasteiger partial charge is 0.417 e. The Balaban J connectivity index is 2.43. The van der Waals surface area contributed by atoms with Crippen molar-refractivity contribution < 1.29 is 18.0 Å². The van der Waals surface area contributed by atoms with E-state index < -0.39 is 17.3 Å². The summed E-state index contributed by atoms with van der Waals surface area (Å²) in [5, 5.41) is 8.73. The van der Waals surface area contributed by atoms with Crippen LogP contribution < -0.4 is 4.90 Å². The highest BCUT2D eigenvalue weighted by molar-refractivity contribution is 5.96. The molecule has 1 heterocycles. The van der Waals surface area contributed by atoms with E-state index >= 15 is 0 Å². The summed E-state index contributed by atoms with van der Waals surface area (Å²) in [6.45, 7) is 3.90. The Kier molecular flexibility index (Phi) is 3.53. The van der Waals surface area contributed by atoms with Crippen LogP contribution in [0.15, 0.2) is 30.9 Å². The van der Waals surface area contributed by atoms with Crippen molar-refractivity contribution in [3.63, 3.8) is 0 Å². The first-order valence-electron chi connectivity index (χ1n) is 5.91. The Hall–Kier alpha value is -2.29. The van der Waals surface area contributed by atoms with Gasteiger partial charge in [-0.2, -0.15) is 18.4 Å². The summed E-state index contributed by atoms with van der Waals surface area (Å²) in [4.78, 5) is 13.1. The Bertz CT molecular complexity index is 601. The topological polar surface area (TPSA) is 44.1 Å². The Morgan fingerprint density at radius 3 is 2.65 bits per heavy atom. The lowest BCUT2D eigenvalue weighted by Crippen LogP contribution is -2.25. The third-order valence-electron chi connectivity index (χ3n) is 3.23. The molecule has 2 rings (SSSR count). The number of benzene rings is 1. The summed E-state index contributed by atoms with van der Waals surface area (Å²) in [7, 11) is 0. The molecule has 0 saturated carbocycles. The zero-order chi connectivity index (χ0) is 14.9. The van der Waals surface area contributed by atoms with Gasteiger partial charge in [-0.1, -0.05) is 6.08 Å². The van der Waals surface area contributed by atoms with Crippen LogP contribution >= 0.6 is 0 Å². The first-order valence-corrected chi connectivity index (χ1v) is 5.91. The molecule has 0 aromatic heterocycles. The highest BCUT2D eigenvalue weighted by Crippen LogP contribution is 2.35. The van der Waals surface area contributed by atoms with Gasteiger partial charge in [-0.05, 0) is 18.2 Å². The van der Waals surface area contributed by atoms with Crippen molar-refractivity contribution in [2.45, 2.75) is 12.6 Å². The summed E-state index contributed by atoms with van der Waals surface area (Å²) in [6, 6.07) is 4.81. The maximum atomic E-state index is 12.9. The Labute approximate surface area is 113 Å². The monoisotopic (exact) mass is 280 g/mol. The first kappa shape index (κ1) is 14.1.